The van der Waals surface area contributed by atoms with E-state index in [0.29, 0.717) is 15.6 Å². The second-order valence-electron chi connectivity index (χ2n) is 7.19. The van der Waals surface area contributed by atoms with Gasteiger partial charge in [-0.25, -0.2) is 4.98 Å². The highest BCUT2D eigenvalue weighted by Gasteiger charge is 2.17. The van der Waals surface area contributed by atoms with Crippen molar-refractivity contribution in [3.05, 3.63) is 89.2 Å². The highest BCUT2D eigenvalue weighted by atomic mass is 32.1. The van der Waals surface area contributed by atoms with Crippen LogP contribution in [0.15, 0.2) is 77.4 Å². The van der Waals surface area contributed by atoms with Crippen LogP contribution >= 0.6 is 11.3 Å². The second kappa shape index (κ2) is 8.16. The summed E-state index contributed by atoms with van der Waals surface area (Å²) < 4.78 is 5.10. The van der Waals surface area contributed by atoms with Crippen LogP contribution in [-0.4, -0.2) is 21.8 Å². The quantitative estimate of drug-likeness (QED) is 0.325. The fourth-order valence-electron chi connectivity index (χ4n) is 3.34. The summed E-state index contributed by atoms with van der Waals surface area (Å²) in [7, 11) is 0. The van der Waals surface area contributed by atoms with Gasteiger partial charge < -0.3 is 20.0 Å². The summed E-state index contributed by atoms with van der Waals surface area (Å²) >= 11 is 1.21. The molecule has 2 amide bonds. The molecule has 32 heavy (non-hydrogen) atoms. The van der Waals surface area contributed by atoms with Crippen LogP contribution in [0.4, 0.5) is 10.7 Å². The molecular formula is C24H18N4O3S. The standard InChI is InChI=1S/C24H18N4O3S/c1-14-13-20(28-23(29)19-7-4-12-31-19)32-21(14)24(30)25-16-10-8-15(9-11-16)22-26-17-5-2-3-6-18(17)27-22/h2-13H,1H3,(H,25,30)(H,26,27)(H,28,29). The van der Waals surface area contributed by atoms with Crippen molar-refractivity contribution in [1.82, 2.24) is 9.97 Å². The molecule has 7 nitrogen and oxygen atoms in total. The van der Waals surface area contributed by atoms with E-state index in [-0.39, 0.29) is 17.6 Å². The van der Waals surface area contributed by atoms with Gasteiger partial charge in [-0.3, -0.25) is 9.59 Å². The van der Waals surface area contributed by atoms with Gasteiger partial charge in [-0.1, -0.05) is 12.1 Å². The largest absolute Gasteiger partial charge is 0.459 e. The molecule has 3 aromatic heterocycles. The third-order valence-corrected chi connectivity index (χ3v) is 6.06. The van der Waals surface area contributed by atoms with E-state index in [1.165, 1.54) is 17.6 Å². The number of anilines is 2. The minimum absolute atomic E-state index is 0.214. The Morgan fingerprint density at radius 1 is 0.969 bits per heavy atom. The molecule has 0 atom stereocenters. The SMILES string of the molecule is Cc1cc(NC(=O)c2ccco2)sc1C(=O)Nc1ccc(-c2nc3ccccc3[nH]2)cc1. The third-order valence-electron chi connectivity index (χ3n) is 4.91. The minimum Gasteiger partial charge on any atom is -0.459 e. The van der Waals surface area contributed by atoms with Crippen LogP contribution in [0, 0.1) is 6.92 Å². The number of hydrogen-bond donors (Lipinski definition) is 3. The number of para-hydroxylation sites is 2. The summed E-state index contributed by atoms with van der Waals surface area (Å²) in [6.07, 6.45) is 1.44. The van der Waals surface area contributed by atoms with Crippen molar-refractivity contribution in [3.8, 4) is 11.4 Å². The normalized spacial score (nSPS) is 10.9. The lowest BCUT2D eigenvalue weighted by atomic mass is 10.2. The molecular weight excluding hydrogens is 424 g/mol. The zero-order valence-corrected chi connectivity index (χ0v) is 17.8. The molecule has 0 bridgehead atoms. The summed E-state index contributed by atoms with van der Waals surface area (Å²) in [5.41, 5.74) is 4.25. The lowest BCUT2D eigenvalue weighted by molar-refractivity contribution is 0.0995. The van der Waals surface area contributed by atoms with Gasteiger partial charge in [0.05, 0.1) is 27.2 Å². The predicted molar refractivity (Wildman–Crippen MR) is 125 cm³/mol. The van der Waals surface area contributed by atoms with Gasteiger partial charge in [-0.2, -0.15) is 0 Å². The van der Waals surface area contributed by atoms with Crippen LogP contribution in [0.2, 0.25) is 0 Å². The first kappa shape index (κ1) is 19.8. The molecule has 0 aliphatic heterocycles. The smallest absolute Gasteiger partial charge is 0.291 e. The molecule has 2 aromatic carbocycles. The molecule has 0 aliphatic rings. The number of nitrogens with one attached hydrogen (secondary N) is 3. The highest BCUT2D eigenvalue weighted by Crippen LogP contribution is 2.28. The zero-order valence-electron chi connectivity index (χ0n) is 17.0. The van der Waals surface area contributed by atoms with E-state index in [0.717, 1.165) is 28.0 Å². The first-order valence-corrected chi connectivity index (χ1v) is 10.7. The van der Waals surface area contributed by atoms with E-state index in [1.54, 1.807) is 18.2 Å². The van der Waals surface area contributed by atoms with Crippen LogP contribution in [0.1, 0.15) is 25.8 Å². The van der Waals surface area contributed by atoms with Crippen LogP contribution in [-0.2, 0) is 0 Å². The fraction of sp³-hybridized carbons (Fsp3) is 0.0417. The van der Waals surface area contributed by atoms with E-state index in [1.807, 2.05) is 55.5 Å². The Bertz CT molecular complexity index is 1380. The number of nitrogens with zero attached hydrogens (tertiary/aromatic N) is 1. The van der Waals surface area contributed by atoms with Gasteiger partial charge in [0.15, 0.2) is 5.76 Å². The number of rotatable bonds is 5. The van der Waals surface area contributed by atoms with Gasteiger partial charge in [-0.15, -0.1) is 11.3 Å². The number of furan rings is 1. The van der Waals surface area contributed by atoms with Crippen LogP contribution in [0.25, 0.3) is 22.4 Å². The number of benzene rings is 2. The summed E-state index contributed by atoms with van der Waals surface area (Å²) in [5.74, 6) is 0.397. The molecule has 0 fully saturated rings. The molecule has 0 saturated heterocycles. The molecule has 8 heteroatoms. The maximum absolute atomic E-state index is 12.8. The number of aromatic amines is 1. The van der Waals surface area contributed by atoms with E-state index in [4.69, 9.17) is 4.42 Å². The van der Waals surface area contributed by atoms with Crippen molar-refractivity contribution in [2.45, 2.75) is 6.92 Å². The van der Waals surface area contributed by atoms with E-state index < -0.39 is 0 Å². The molecule has 5 rings (SSSR count). The van der Waals surface area contributed by atoms with Gasteiger partial charge in [0, 0.05) is 11.3 Å². The molecule has 0 unspecified atom stereocenters. The van der Waals surface area contributed by atoms with Gasteiger partial charge in [-0.05, 0) is 67.1 Å². The number of imidazole rings is 1. The maximum Gasteiger partial charge on any atom is 0.291 e. The first-order valence-electron chi connectivity index (χ1n) is 9.88. The highest BCUT2D eigenvalue weighted by molar-refractivity contribution is 7.18. The minimum atomic E-state index is -0.357. The fourth-order valence-corrected chi connectivity index (χ4v) is 4.30. The Hall–Kier alpha value is -4.17. The van der Waals surface area contributed by atoms with Gasteiger partial charge in [0.2, 0.25) is 0 Å². The average Bonchev–Trinajstić information content (AvgIpc) is 3.54. The van der Waals surface area contributed by atoms with Crippen LogP contribution in [0.5, 0.6) is 0 Å². The Labute approximate surface area is 187 Å². The van der Waals surface area contributed by atoms with Gasteiger partial charge in [0.1, 0.15) is 5.82 Å². The Morgan fingerprint density at radius 3 is 2.53 bits per heavy atom. The number of aromatic nitrogens is 2. The van der Waals surface area contributed by atoms with Gasteiger partial charge >= 0.3 is 0 Å². The third kappa shape index (κ3) is 3.91. The molecule has 0 spiro atoms. The summed E-state index contributed by atoms with van der Waals surface area (Å²) in [6.45, 7) is 1.83. The zero-order chi connectivity index (χ0) is 22.1. The molecule has 0 radical (unpaired) electrons. The Kier molecular flexibility index (Phi) is 5.04. The number of thiophene rings is 1. The number of carbonyl (C=O) groups is 2. The average molecular weight is 443 g/mol. The van der Waals surface area contributed by atoms with E-state index in [2.05, 4.69) is 20.6 Å². The molecule has 0 saturated carbocycles. The number of fused-ring (bicyclic) bond motifs is 1. The summed E-state index contributed by atoms with van der Waals surface area (Å²) in [6, 6.07) is 20.3. The molecule has 5 aromatic rings. The van der Waals surface area contributed by atoms with Crippen LogP contribution in [0.3, 0.4) is 0 Å². The van der Waals surface area contributed by atoms with E-state index in [9.17, 15) is 9.59 Å². The first-order chi connectivity index (χ1) is 15.6. The van der Waals surface area contributed by atoms with Crippen LogP contribution < -0.4 is 10.6 Å². The van der Waals surface area contributed by atoms with Crippen molar-refractivity contribution in [2.75, 3.05) is 10.6 Å². The van der Waals surface area contributed by atoms with Crippen molar-refractivity contribution < 1.29 is 14.0 Å². The molecule has 3 heterocycles. The van der Waals surface area contributed by atoms with Crippen molar-refractivity contribution in [1.29, 1.82) is 0 Å². The number of amides is 2. The number of aryl methyl sites for hydroxylation is 1. The monoisotopic (exact) mass is 442 g/mol. The Balaban J connectivity index is 1.28. The lowest BCUT2D eigenvalue weighted by Gasteiger charge is -2.05. The predicted octanol–water partition coefficient (Wildman–Crippen LogP) is 5.70. The number of hydrogen-bond acceptors (Lipinski definition) is 5. The molecule has 3 N–H and O–H groups in total. The van der Waals surface area contributed by atoms with Crippen molar-refractivity contribution in [3.63, 3.8) is 0 Å². The maximum atomic E-state index is 12.8. The molecule has 0 aliphatic carbocycles. The molecule has 158 valence electrons. The number of H-pyrrole nitrogens is 1. The van der Waals surface area contributed by atoms with Crippen molar-refractivity contribution >= 4 is 44.9 Å². The van der Waals surface area contributed by atoms with Gasteiger partial charge in [0.25, 0.3) is 11.8 Å². The topological polar surface area (TPSA) is 100 Å². The van der Waals surface area contributed by atoms with Crippen molar-refractivity contribution in [2.24, 2.45) is 0 Å². The summed E-state index contributed by atoms with van der Waals surface area (Å²) in [4.78, 5) is 33.4. The summed E-state index contributed by atoms with van der Waals surface area (Å²) in [5, 5.41) is 6.24. The second-order valence-corrected chi connectivity index (χ2v) is 8.24. The lowest BCUT2D eigenvalue weighted by Crippen LogP contribution is -2.11. The Morgan fingerprint density at radius 2 is 1.78 bits per heavy atom. The van der Waals surface area contributed by atoms with E-state index >= 15 is 0 Å². The number of carbonyl (C=O) groups excluding carboxylic acids is 2.